The zero-order chi connectivity index (χ0) is 11.7. The molecule has 16 heavy (non-hydrogen) atoms. The van der Waals surface area contributed by atoms with Gasteiger partial charge in [0.25, 0.3) is 0 Å². The number of aromatic nitrogens is 2. The van der Waals surface area contributed by atoms with Crippen LogP contribution in [0.25, 0.3) is 11.3 Å². The smallest absolute Gasteiger partial charge is 0.170 e. The molecule has 0 atom stereocenters. The standard InChI is InChI=1S/C12H11FN2O/c1-8-5-9(3-4-10(8)13)12-11(6-16)14-7-15(12)2/h3-7H,1-2H3. The predicted octanol–water partition coefficient (Wildman–Crippen LogP) is 2.35. The summed E-state index contributed by atoms with van der Waals surface area (Å²) in [6.07, 6.45) is 2.27. The minimum absolute atomic E-state index is 0.251. The highest BCUT2D eigenvalue weighted by atomic mass is 19.1. The molecule has 4 heteroatoms. The first-order valence-corrected chi connectivity index (χ1v) is 4.86. The van der Waals surface area contributed by atoms with E-state index in [2.05, 4.69) is 4.98 Å². The Hall–Kier alpha value is -1.97. The Bertz CT molecular complexity index is 546. The van der Waals surface area contributed by atoms with E-state index in [0.29, 0.717) is 23.2 Å². The van der Waals surface area contributed by atoms with Gasteiger partial charge in [-0.1, -0.05) is 0 Å². The van der Waals surface area contributed by atoms with Crippen LogP contribution in [0.1, 0.15) is 16.1 Å². The van der Waals surface area contributed by atoms with Crippen molar-refractivity contribution in [1.82, 2.24) is 9.55 Å². The maximum atomic E-state index is 13.1. The summed E-state index contributed by atoms with van der Waals surface area (Å²) in [5.74, 6) is -0.251. The van der Waals surface area contributed by atoms with Crippen molar-refractivity contribution in [3.63, 3.8) is 0 Å². The minimum Gasteiger partial charge on any atom is -0.333 e. The van der Waals surface area contributed by atoms with Crippen molar-refractivity contribution in [2.24, 2.45) is 7.05 Å². The number of aryl methyl sites for hydroxylation is 2. The molecule has 0 spiro atoms. The fraction of sp³-hybridized carbons (Fsp3) is 0.167. The zero-order valence-corrected chi connectivity index (χ0v) is 9.07. The number of carbonyl (C=O) groups excluding carboxylic acids is 1. The molecule has 0 unspecified atom stereocenters. The summed E-state index contributed by atoms with van der Waals surface area (Å²) in [6, 6.07) is 4.75. The van der Waals surface area contributed by atoms with Crippen LogP contribution in [0.2, 0.25) is 0 Å². The van der Waals surface area contributed by atoms with Gasteiger partial charge >= 0.3 is 0 Å². The van der Waals surface area contributed by atoms with Gasteiger partial charge in [0.1, 0.15) is 11.5 Å². The molecule has 82 valence electrons. The third kappa shape index (κ3) is 1.62. The van der Waals surface area contributed by atoms with E-state index in [0.717, 1.165) is 5.56 Å². The molecule has 0 saturated heterocycles. The second kappa shape index (κ2) is 3.89. The highest BCUT2D eigenvalue weighted by Gasteiger charge is 2.11. The number of aldehydes is 1. The molecule has 0 radical (unpaired) electrons. The topological polar surface area (TPSA) is 34.9 Å². The first kappa shape index (κ1) is 10.5. The normalized spacial score (nSPS) is 10.4. The second-order valence-electron chi connectivity index (χ2n) is 3.67. The average molecular weight is 218 g/mol. The van der Waals surface area contributed by atoms with Crippen molar-refractivity contribution in [2.75, 3.05) is 0 Å². The lowest BCUT2D eigenvalue weighted by Crippen LogP contribution is -1.94. The van der Waals surface area contributed by atoms with Gasteiger partial charge in [0.15, 0.2) is 6.29 Å². The largest absolute Gasteiger partial charge is 0.333 e. The van der Waals surface area contributed by atoms with Crippen molar-refractivity contribution < 1.29 is 9.18 Å². The molecule has 0 aliphatic carbocycles. The number of halogens is 1. The van der Waals surface area contributed by atoms with Crippen molar-refractivity contribution in [2.45, 2.75) is 6.92 Å². The number of carbonyl (C=O) groups is 1. The summed E-state index contributed by atoms with van der Waals surface area (Å²) in [6.45, 7) is 1.69. The molecular formula is C12H11FN2O. The van der Waals surface area contributed by atoms with Crippen LogP contribution in [-0.2, 0) is 7.05 Å². The molecule has 0 bridgehead atoms. The van der Waals surface area contributed by atoms with E-state index < -0.39 is 0 Å². The lowest BCUT2D eigenvalue weighted by Gasteiger charge is -2.05. The van der Waals surface area contributed by atoms with Gasteiger partial charge in [-0.05, 0) is 30.7 Å². The van der Waals surface area contributed by atoms with Crippen LogP contribution < -0.4 is 0 Å². The molecule has 1 aromatic heterocycles. The maximum absolute atomic E-state index is 13.1. The van der Waals surface area contributed by atoms with Crippen LogP contribution in [-0.4, -0.2) is 15.8 Å². The first-order valence-electron chi connectivity index (χ1n) is 4.86. The molecule has 0 saturated carbocycles. The quantitative estimate of drug-likeness (QED) is 0.725. The fourth-order valence-corrected chi connectivity index (χ4v) is 1.68. The minimum atomic E-state index is -0.251. The van der Waals surface area contributed by atoms with Crippen molar-refractivity contribution in [3.05, 3.63) is 41.6 Å². The Balaban J connectivity index is 2.62. The molecule has 1 heterocycles. The average Bonchev–Trinajstić information content (AvgIpc) is 2.64. The van der Waals surface area contributed by atoms with Gasteiger partial charge in [0.05, 0.1) is 12.0 Å². The predicted molar refractivity (Wildman–Crippen MR) is 58.7 cm³/mol. The molecule has 0 aliphatic heterocycles. The van der Waals surface area contributed by atoms with E-state index >= 15 is 0 Å². The Kier molecular flexibility index (Phi) is 2.56. The van der Waals surface area contributed by atoms with Crippen LogP contribution in [0.4, 0.5) is 4.39 Å². The van der Waals surface area contributed by atoms with E-state index in [1.807, 2.05) is 0 Å². The Morgan fingerprint density at radius 2 is 2.19 bits per heavy atom. The van der Waals surface area contributed by atoms with Crippen LogP contribution in [0.3, 0.4) is 0 Å². The van der Waals surface area contributed by atoms with Gasteiger partial charge in [-0.3, -0.25) is 4.79 Å². The molecule has 0 fully saturated rings. The van der Waals surface area contributed by atoms with Crippen molar-refractivity contribution in [1.29, 1.82) is 0 Å². The number of hydrogen-bond acceptors (Lipinski definition) is 2. The van der Waals surface area contributed by atoms with Crippen LogP contribution in [0.15, 0.2) is 24.5 Å². The molecule has 0 amide bonds. The van der Waals surface area contributed by atoms with Crippen molar-refractivity contribution in [3.8, 4) is 11.3 Å². The molecule has 0 N–H and O–H groups in total. The third-order valence-corrected chi connectivity index (χ3v) is 2.51. The van der Waals surface area contributed by atoms with Crippen LogP contribution in [0, 0.1) is 12.7 Å². The SMILES string of the molecule is Cc1cc(-c2c(C=O)ncn2C)ccc1F. The summed E-state index contributed by atoms with van der Waals surface area (Å²) in [5, 5.41) is 0. The molecule has 1 aromatic carbocycles. The van der Waals surface area contributed by atoms with Gasteiger partial charge in [-0.15, -0.1) is 0 Å². The molecular weight excluding hydrogens is 207 g/mol. The Labute approximate surface area is 92.5 Å². The van der Waals surface area contributed by atoms with Crippen LogP contribution >= 0.6 is 0 Å². The summed E-state index contributed by atoms with van der Waals surface area (Å²) >= 11 is 0. The fourth-order valence-electron chi connectivity index (χ4n) is 1.68. The van der Waals surface area contributed by atoms with Gasteiger partial charge in [0, 0.05) is 12.6 Å². The van der Waals surface area contributed by atoms with E-state index in [4.69, 9.17) is 0 Å². The molecule has 2 rings (SSSR count). The maximum Gasteiger partial charge on any atom is 0.170 e. The lowest BCUT2D eigenvalue weighted by atomic mass is 10.1. The summed E-state index contributed by atoms with van der Waals surface area (Å²) < 4.78 is 14.9. The van der Waals surface area contributed by atoms with Gasteiger partial charge in [0.2, 0.25) is 0 Å². The monoisotopic (exact) mass is 218 g/mol. The second-order valence-corrected chi connectivity index (χ2v) is 3.67. The van der Waals surface area contributed by atoms with Crippen LogP contribution in [0.5, 0.6) is 0 Å². The van der Waals surface area contributed by atoms with E-state index in [-0.39, 0.29) is 5.82 Å². The van der Waals surface area contributed by atoms with Gasteiger partial charge < -0.3 is 4.57 Å². The molecule has 0 aliphatic rings. The van der Waals surface area contributed by atoms with Gasteiger partial charge in [-0.2, -0.15) is 0 Å². The lowest BCUT2D eigenvalue weighted by molar-refractivity contribution is 0.112. The molecule has 2 aromatic rings. The Morgan fingerprint density at radius 3 is 2.81 bits per heavy atom. The highest BCUT2D eigenvalue weighted by Crippen LogP contribution is 2.23. The summed E-state index contributed by atoms with van der Waals surface area (Å²) in [7, 11) is 1.80. The van der Waals surface area contributed by atoms with E-state index in [9.17, 15) is 9.18 Å². The highest BCUT2D eigenvalue weighted by molar-refractivity contribution is 5.83. The zero-order valence-electron chi connectivity index (χ0n) is 9.07. The van der Waals surface area contributed by atoms with E-state index in [1.54, 1.807) is 37.0 Å². The van der Waals surface area contributed by atoms with Crippen molar-refractivity contribution >= 4 is 6.29 Å². The number of nitrogens with zero attached hydrogens (tertiary/aromatic N) is 2. The first-order chi connectivity index (χ1) is 7.63. The number of benzene rings is 1. The number of rotatable bonds is 2. The summed E-state index contributed by atoms with van der Waals surface area (Å²) in [4.78, 5) is 14.8. The third-order valence-electron chi connectivity index (χ3n) is 2.51. The van der Waals surface area contributed by atoms with E-state index in [1.165, 1.54) is 6.07 Å². The number of hydrogen-bond donors (Lipinski definition) is 0. The number of imidazole rings is 1. The Morgan fingerprint density at radius 1 is 1.44 bits per heavy atom. The van der Waals surface area contributed by atoms with Gasteiger partial charge in [-0.25, -0.2) is 9.37 Å². The summed E-state index contributed by atoms with van der Waals surface area (Å²) in [5.41, 5.74) is 2.42. The molecule has 3 nitrogen and oxygen atoms in total.